The average Bonchev–Trinajstić information content (AvgIpc) is 2.47. The Hall–Kier alpha value is -2.35. The Bertz CT molecular complexity index is 554. The molecule has 0 atom stereocenters. The standard InChI is InChI=1S/C15H17N3O2/c16-10-11-5-7-18(8-6-11)14(19)9-12-3-1-2-4-13(12)15(17)20/h1-4,11H,5-9H2,(H2,17,20). The predicted molar refractivity (Wildman–Crippen MR) is 73.6 cm³/mol. The Kier molecular flexibility index (Phi) is 4.36. The van der Waals surface area contributed by atoms with Crippen LogP contribution >= 0.6 is 0 Å². The Morgan fingerprint density at radius 2 is 1.95 bits per heavy atom. The molecule has 2 amide bonds. The summed E-state index contributed by atoms with van der Waals surface area (Å²) in [5.74, 6) is -0.483. The number of likely N-dealkylation sites (tertiary alicyclic amines) is 1. The number of primary amides is 1. The molecule has 0 radical (unpaired) electrons. The summed E-state index contributed by atoms with van der Waals surface area (Å²) in [6.45, 7) is 1.21. The molecule has 5 heteroatoms. The van der Waals surface area contributed by atoms with E-state index in [9.17, 15) is 9.59 Å². The fraction of sp³-hybridized carbons (Fsp3) is 0.400. The summed E-state index contributed by atoms with van der Waals surface area (Å²) >= 11 is 0. The van der Waals surface area contributed by atoms with Crippen LogP contribution < -0.4 is 5.73 Å². The summed E-state index contributed by atoms with van der Waals surface area (Å²) in [6, 6.07) is 9.14. The van der Waals surface area contributed by atoms with Crippen molar-refractivity contribution in [2.24, 2.45) is 11.7 Å². The van der Waals surface area contributed by atoms with Crippen LogP contribution in [0.1, 0.15) is 28.8 Å². The van der Waals surface area contributed by atoms with Crippen molar-refractivity contribution in [1.82, 2.24) is 4.90 Å². The molecule has 0 bridgehead atoms. The van der Waals surface area contributed by atoms with Gasteiger partial charge in [-0.3, -0.25) is 9.59 Å². The molecule has 1 aromatic rings. The maximum atomic E-state index is 12.2. The molecule has 0 aromatic heterocycles. The maximum absolute atomic E-state index is 12.2. The number of nitriles is 1. The predicted octanol–water partition coefficient (Wildman–Crippen LogP) is 1.09. The number of nitrogens with zero attached hydrogens (tertiary/aromatic N) is 2. The highest BCUT2D eigenvalue weighted by molar-refractivity contribution is 5.95. The van der Waals surface area contributed by atoms with Crippen molar-refractivity contribution in [3.8, 4) is 6.07 Å². The number of carbonyl (C=O) groups is 2. The monoisotopic (exact) mass is 271 g/mol. The zero-order valence-corrected chi connectivity index (χ0v) is 11.2. The summed E-state index contributed by atoms with van der Waals surface area (Å²) in [7, 11) is 0. The van der Waals surface area contributed by atoms with Crippen molar-refractivity contribution in [2.45, 2.75) is 19.3 Å². The number of hydrogen-bond donors (Lipinski definition) is 1. The first-order valence-corrected chi connectivity index (χ1v) is 6.67. The molecule has 1 saturated heterocycles. The van der Waals surface area contributed by atoms with Crippen molar-refractivity contribution in [3.63, 3.8) is 0 Å². The Labute approximate surface area is 118 Å². The largest absolute Gasteiger partial charge is 0.366 e. The topological polar surface area (TPSA) is 87.2 Å². The smallest absolute Gasteiger partial charge is 0.248 e. The van der Waals surface area contributed by atoms with Crippen molar-refractivity contribution >= 4 is 11.8 Å². The summed E-state index contributed by atoms with van der Waals surface area (Å²) in [5.41, 5.74) is 6.36. The van der Waals surface area contributed by atoms with Gasteiger partial charge in [-0.25, -0.2) is 0 Å². The van der Waals surface area contributed by atoms with Gasteiger partial charge in [0.1, 0.15) is 0 Å². The fourth-order valence-corrected chi connectivity index (χ4v) is 2.45. The van der Waals surface area contributed by atoms with Gasteiger partial charge in [-0.2, -0.15) is 5.26 Å². The molecule has 2 rings (SSSR count). The first-order chi connectivity index (χ1) is 9.61. The summed E-state index contributed by atoms with van der Waals surface area (Å²) in [5, 5.41) is 8.84. The van der Waals surface area contributed by atoms with Gasteiger partial charge in [-0.05, 0) is 24.5 Å². The molecule has 20 heavy (non-hydrogen) atoms. The Balaban J connectivity index is 2.02. The molecule has 0 spiro atoms. The van der Waals surface area contributed by atoms with E-state index < -0.39 is 5.91 Å². The molecule has 0 saturated carbocycles. The Morgan fingerprint density at radius 1 is 1.30 bits per heavy atom. The van der Waals surface area contributed by atoms with Crippen molar-refractivity contribution < 1.29 is 9.59 Å². The van der Waals surface area contributed by atoms with Gasteiger partial charge >= 0.3 is 0 Å². The van der Waals surface area contributed by atoms with E-state index in [-0.39, 0.29) is 18.2 Å². The molecule has 5 nitrogen and oxygen atoms in total. The molecule has 2 N–H and O–H groups in total. The molecule has 1 aliphatic heterocycles. The van der Waals surface area contributed by atoms with Gasteiger partial charge in [0.25, 0.3) is 0 Å². The van der Waals surface area contributed by atoms with Crippen LogP contribution in [-0.2, 0) is 11.2 Å². The number of carbonyl (C=O) groups excluding carboxylic acids is 2. The molecule has 0 unspecified atom stereocenters. The van der Waals surface area contributed by atoms with E-state index in [1.807, 2.05) is 0 Å². The number of hydrogen-bond acceptors (Lipinski definition) is 3. The van der Waals surface area contributed by atoms with Crippen LogP contribution in [-0.4, -0.2) is 29.8 Å². The molecule has 0 aliphatic carbocycles. The molecule has 1 aromatic carbocycles. The van der Waals surface area contributed by atoms with Crippen molar-refractivity contribution in [1.29, 1.82) is 5.26 Å². The van der Waals surface area contributed by atoms with E-state index in [1.165, 1.54) is 0 Å². The van der Waals surface area contributed by atoms with Gasteiger partial charge in [-0.15, -0.1) is 0 Å². The number of amides is 2. The third-order valence-electron chi connectivity index (χ3n) is 3.65. The zero-order valence-electron chi connectivity index (χ0n) is 11.2. The lowest BCUT2D eigenvalue weighted by atomic mass is 9.97. The number of benzene rings is 1. The van der Waals surface area contributed by atoms with Crippen LogP contribution in [0.3, 0.4) is 0 Å². The average molecular weight is 271 g/mol. The lowest BCUT2D eigenvalue weighted by Crippen LogP contribution is -2.39. The highest BCUT2D eigenvalue weighted by Gasteiger charge is 2.23. The lowest BCUT2D eigenvalue weighted by molar-refractivity contribution is -0.131. The normalized spacial score (nSPS) is 15.7. The molecule has 104 valence electrons. The minimum Gasteiger partial charge on any atom is -0.366 e. The van der Waals surface area contributed by atoms with E-state index in [0.717, 1.165) is 12.8 Å². The first kappa shape index (κ1) is 14.1. The molecular formula is C15H17N3O2. The minimum absolute atomic E-state index is 0.0184. The lowest BCUT2D eigenvalue weighted by Gasteiger charge is -2.29. The van der Waals surface area contributed by atoms with Gasteiger partial charge < -0.3 is 10.6 Å². The third-order valence-corrected chi connectivity index (χ3v) is 3.65. The zero-order chi connectivity index (χ0) is 14.5. The highest BCUT2D eigenvalue weighted by Crippen LogP contribution is 2.18. The van der Waals surface area contributed by atoms with E-state index >= 15 is 0 Å². The number of rotatable bonds is 3. The highest BCUT2D eigenvalue weighted by atomic mass is 16.2. The van der Waals surface area contributed by atoms with E-state index in [4.69, 9.17) is 11.0 Å². The number of piperidine rings is 1. The first-order valence-electron chi connectivity index (χ1n) is 6.67. The van der Waals surface area contributed by atoms with E-state index in [1.54, 1.807) is 29.2 Å². The van der Waals surface area contributed by atoms with Gasteiger partial charge in [0.05, 0.1) is 12.5 Å². The Morgan fingerprint density at radius 3 is 2.55 bits per heavy atom. The number of nitrogens with two attached hydrogens (primary N) is 1. The van der Waals surface area contributed by atoms with Gasteiger partial charge in [-0.1, -0.05) is 18.2 Å². The maximum Gasteiger partial charge on any atom is 0.248 e. The van der Waals surface area contributed by atoms with Gasteiger partial charge in [0.15, 0.2) is 0 Å². The summed E-state index contributed by atoms with van der Waals surface area (Å²) in [6.07, 6.45) is 1.62. The van der Waals surface area contributed by atoms with Crippen LogP contribution in [0.4, 0.5) is 0 Å². The van der Waals surface area contributed by atoms with Crippen LogP contribution in [0.2, 0.25) is 0 Å². The van der Waals surface area contributed by atoms with Gasteiger partial charge in [0.2, 0.25) is 11.8 Å². The quantitative estimate of drug-likeness (QED) is 0.892. The fourth-order valence-electron chi connectivity index (χ4n) is 2.45. The second-order valence-electron chi connectivity index (χ2n) is 4.98. The van der Waals surface area contributed by atoms with Crippen LogP contribution in [0.5, 0.6) is 0 Å². The van der Waals surface area contributed by atoms with Gasteiger partial charge in [0, 0.05) is 24.6 Å². The minimum atomic E-state index is -0.517. The molecule has 1 heterocycles. The van der Waals surface area contributed by atoms with Crippen LogP contribution in [0.15, 0.2) is 24.3 Å². The summed E-state index contributed by atoms with van der Waals surface area (Å²) < 4.78 is 0. The van der Waals surface area contributed by atoms with E-state index in [2.05, 4.69) is 6.07 Å². The third kappa shape index (κ3) is 3.15. The molecule has 1 aliphatic rings. The van der Waals surface area contributed by atoms with Crippen molar-refractivity contribution in [3.05, 3.63) is 35.4 Å². The van der Waals surface area contributed by atoms with Crippen molar-refractivity contribution in [2.75, 3.05) is 13.1 Å². The molecule has 1 fully saturated rings. The second-order valence-corrected chi connectivity index (χ2v) is 4.98. The van der Waals surface area contributed by atoms with E-state index in [0.29, 0.717) is 24.2 Å². The second kappa shape index (κ2) is 6.20. The van der Waals surface area contributed by atoms with Crippen LogP contribution in [0, 0.1) is 17.2 Å². The SMILES string of the molecule is N#CC1CCN(C(=O)Cc2ccccc2C(N)=O)CC1. The van der Waals surface area contributed by atoms with Crippen LogP contribution in [0.25, 0.3) is 0 Å². The summed E-state index contributed by atoms with van der Waals surface area (Å²) in [4.78, 5) is 25.3. The molecular weight excluding hydrogens is 254 g/mol.